The zero-order valence-electron chi connectivity index (χ0n) is 20.8. The van der Waals surface area contributed by atoms with Crippen LogP contribution < -0.4 is 5.73 Å². The van der Waals surface area contributed by atoms with Crippen LogP contribution in [0, 0.1) is 35.0 Å². The lowest BCUT2D eigenvalue weighted by molar-refractivity contribution is -0.129. The van der Waals surface area contributed by atoms with Crippen LogP contribution in [-0.2, 0) is 9.53 Å². The van der Waals surface area contributed by atoms with E-state index in [9.17, 15) is 4.79 Å². The van der Waals surface area contributed by atoms with Crippen LogP contribution >= 0.6 is 0 Å². The van der Waals surface area contributed by atoms with Gasteiger partial charge in [0, 0.05) is 12.8 Å². The second-order valence-electron chi connectivity index (χ2n) is 11.6. The number of fused-ring (bicyclic) bond motifs is 5. The molecule has 0 aromatic carbocycles. The predicted molar refractivity (Wildman–Crippen MR) is 128 cm³/mol. The van der Waals surface area contributed by atoms with Crippen LogP contribution in [0.15, 0.2) is 11.1 Å². The molecule has 1 saturated heterocycles. The van der Waals surface area contributed by atoms with Gasteiger partial charge in [0.05, 0.1) is 11.7 Å². The molecule has 4 fully saturated rings. The molecular weight excluding hydrogens is 382 g/mol. The average Bonchev–Trinajstić information content (AvgIpc) is 3.36. The van der Waals surface area contributed by atoms with E-state index in [-0.39, 0.29) is 5.60 Å². The Labute approximate surface area is 190 Å². The van der Waals surface area contributed by atoms with E-state index in [1.54, 1.807) is 11.1 Å². The minimum absolute atomic E-state index is 0.0289. The summed E-state index contributed by atoms with van der Waals surface area (Å²) in [6.07, 6.45) is 13.2. The first-order valence-corrected chi connectivity index (χ1v) is 13.5. The molecule has 1 heterocycles. The van der Waals surface area contributed by atoms with Crippen molar-refractivity contribution in [3.63, 3.8) is 0 Å². The van der Waals surface area contributed by atoms with Gasteiger partial charge in [-0.3, -0.25) is 4.79 Å². The molecule has 5 rings (SSSR count). The van der Waals surface area contributed by atoms with Crippen LogP contribution in [0.4, 0.5) is 0 Å². The topological polar surface area (TPSA) is 52.3 Å². The van der Waals surface area contributed by atoms with Crippen molar-refractivity contribution < 1.29 is 9.53 Å². The van der Waals surface area contributed by atoms with E-state index in [1.165, 1.54) is 44.9 Å². The lowest BCUT2D eigenvalue weighted by Crippen LogP contribution is -2.46. The van der Waals surface area contributed by atoms with Crippen molar-refractivity contribution in [3.05, 3.63) is 11.1 Å². The van der Waals surface area contributed by atoms with Gasteiger partial charge in [-0.2, -0.15) is 0 Å². The van der Waals surface area contributed by atoms with Crippen molar-refractivity contribution in [2.45, 2.75) is 117 Å². The van der Waals surface area contributed by atoms with Crippen LogP contribution in [0.25, 0.3) is 0 Å². The molecule has 3 saturated carbocycles. The molecule has 7 unspecified atom stereocenters. The van der Waals surface area contributed by atoms with Crippen molar-refractivity contribution in [1.29, 1.82) is 0 Å². The molecule has 5 aliphatic rings. The standard InChI is InChI=1S/C26H41NO2.C2H6/c1-16(15-27)12-20-7-10-26(29-20)11-8-21-22-5-4-18-13-19(28)6-9-25(18,3)24(22)14-23(21)17(26)2;1-2/h16,18,20-22,24H,4-15,27H2,1-3H3;1-2H3/t16-,18?,20?,21?,22?,24?,25?,26?;/m0./s1. The van der Waals surface area contributed by atoms with Gasteiger partial charge < -0.3 is 10.5 Å². The van der Waals surface area contributed by atoms with E-state index in [0.717, 1.165) is 50.0 Å². The Hall–Kier alpha value is -0.670. The summed E-state index contributed by atoms with van der Waals surface area (Å²) in [4.78, 5) is 12.1. The van der Waals surface area contributed by atoms with Gasteiger partial charge >= 0.3 is 0 Å². The summed E-state index contributed by atoms with van der Waals surface area (Å²) in [6.45, 7) is 12.0. The Morgan fingerprint density at radius 3 is 2.58 bits per heavy atom. The normalized spacial score (nSPS) is 45.0. The third-order valence-corrected chi connectivity index (χ3v) is 10.3. The minimum Gasteiger partial charge on any atom is -0.367 e. The maximum atomic E-state index is 12.1. The van der Waals surface area contributed by atoms with Crippen LogP contribution in [0.2, 0.25) is 0 Å². The summed E-state index contributed by atoms with van der Waals surface area (Å²) < 4.78 is 6.82. The first-order valence-electron chi connectivity index (χ1n) is 13.5. The van der Waals surface area contributed by atoms with Crippen LogP contribution in [-0.4, -0.2) is 24.0 Å². The zero-order chi connectivity index (χ0) is 22.4. The van der Waals surface area contributed by atoms with Gasteiger partial charge in [-0.05, 0) is 112 Å². The van der Waals surface area contributed by atoms with Crippen LogP contribution in [0.5, 0.6) is 0 Å². The fraction of sp³-hybridized carbons (Fsp3) is 0.893. The Bertz CT molecular complexity index is 714. The number of hydrogen-bond acceptors (Lipinski definition) is 3. The van der Waals surface area contributed by atoms with Crippen LogP contribution in [0.3, 0.4) is 0 Å². The van der Waals surface area contributed by atoms with E-state index in [4.69, 9.17) is 10.5 Å². The van der Waals surface area contributed by atoms with Crippen molar-refractivity contribution >= 4 is 5.78 Å². The summed E-state index contributed by atoms with van der Waals surface area (Å²) >= 11 is 0. The van der Waals surface area contributed by atoms with Crippen molar-refractivity contribution in [2.75, 3.05) is 6.54 Å². The number of allylic oxidation sites excluding steroid dienone is 1. The van der Waals surface area contributed by atoms with Gasteiger partial charge in [-0.1, -0.05) is 33.3 Å². The zero-order valence-corrected chi connectivity index (χ0v) is 20.8. The number of hydrogen-bond donors (Lipinski definition) is 1. The third kappa shape index (κ3) is 3.86. The average molecular weight is 430 g/mol. The quantitative estimate of drug-likeness (QED) is 0.525. The second kappa shape index (κ2) is 8.93. The van der Waals surface area contributed by atoms with Crippen molar-refractivity contribution in [3.8, 4) is 0 Å². The van der Waals surface area contributed by atoms with Gasteiger partial charge in [0.1, 0.15) is 5.78 Å². The minimum atomic E-state index is 0.0289. The maximum Gasteiger partial charge on any atom is 0.133 e. The Balaban J connectivity index is 0.00000112. The number of nitrogens with two attached hydrogens (primary N) is 1. The van der Waals surface area contributed by atoms with Crippen molar-refractivity contribution in [2.24, 2.45) is 40.7 Å². The van der Waals surface area contributed by atoms with Gasteiger partial charge in [0.15, 0.2) is 0 Å². The van der Waals surface area contributed by atoms with Crippen molar-refractivity contribution in [1.82, 2.24) is 0 Å². The van der Waals surface area contributed by atoms with E-state index in [2.05, 4.69) is 20.8 Å². The fourth-order valence-corrected chi connectivity index (χ4v) is 8.43. The van der Waals surface area contributed by atoms with Crippen LogP contribution in [0.1, 0.15) is 105 Å². The molecule has 4 aliphatic carbocycles. The summed E-state index contributed by atoms with van der Waals surface area (Å²) in [7, 11) is 0. The number of rotatable bonds is 3. The first-order chi connectivity index (χ1) is 14.9. The van der Waals surface area contributed by atoms with E-state index >= 15 is 0 Å². The molecule has 176 valence electrons. The van der Waals surface area contributed by atoms with Gasteiger partial charge in [-0.15, -0.1) is 0 Å². The molecular formula is C28H47NO2. The molecule has 31 heavy (non-hydrogen) atoms. The van der Waals surface area contributed by atoms with E-state index in [0.29, 0.717) is 29.1 Å². The lowest BCUT2D eigenvalue weighted by atomic mass is 9.52. The molecule has 2 N–H and O–H groups in total. The highest BCUT2D eigenvalue weighted by Gasteiger charge is 2.58. The lowest BCUT2D eigenvalue weighted by Gasteiger charge is -2.52. The monoisotopic (exact) mass is 429 g/mol. The molecule has 3 heteroatoms. The van der Waals surface area contributed by atoms with Gasteiger partial charge in [-0.25, -0.2) is 0 Å². The first kappa shape index (κ1) is 23.5. The molecule has 8 atom stereocenters. The highest BCUT2D eigenvalue weighted by atomic mass is 16.5. The number of ketones is 1. The van der Waals surface area contributed by atoms with Gasteiger partial charge in [0.2, 0.25) is 0 Å². The van der Waals surface area contributed by atoms with Gasteiger partial charge in [0.25, 0.3) is 0 Å². The summed E-state index contributed by atoms with van der Waals surface area (Å²) in [6, 6.07) is 0. The number of carbonyl (C=O) groups is 1. The van der Waals surface area contributed by atoms with E-state index in [1.807, 2.05) is 13.8 Å². The third-order valence-electron chi connectivity index (χ3n) is 10.3. The molecule has 0 aromatic heterocycles. The summed E-state index contributed by atoms with van der Waals surface area (Å²) in [5.41, 5.74) is 9.68. The molecule has 0 amide bonds. The predicted octanol–water partition coefficient (Wildman–Crippen LogP) is 6.45. The number of Topliss-reactive ketones (excluding diaryl/α,β-unsaturated/α-hetero) is 1. The molecule has 0 radical (unpaired) electrons. The number of ether oxygens (including phenoxy) is 1. The van der Waals surface area contributed by atoms with E-state index < -0.39 is 0 Å². The largest absolute Gasteiger partial charge is 0.367 e. The second-order valence-corrected chi connectivity index (χ2v) is 11.6. The Morgan fingerprint density at radius 1 is 1.10 bits per heavy atom. The SMILES string of the molecule is CC.CC1=C2CC3C(CCC4CC(=O)CCC43C)C2CCC12CCC(C[C@H](C)CN)O2. The fourth-order valence-electron chi connectivity index (χ4n) is 8.43. The Morgan fingerprint density at radius 2 is 1.84 bits per heavy atom. The molecule has 0 bridgehead atoms. The Kier molecular flexibility index (Phi) is 6.77. The smallest absolute Gasteiger partial charge is 0.133 e. The highest BCUT2D eigenvalue weighted by molar-refractivity contribution is 5.79. The summed E-state index contributed by atoms with van der Waals surface area (Å²) in [5, 5.41) is 0. The molecule has 1 aliphatic heterocycles. The molecule has 0 aromatic rings. The highest BCUT2D eigenvalue weighted by Crippen LogP contribution is 2.65. The molecule has 1 spiro atoms. The summed E-state index contributed by atoms with van der Waals surface area (Å²) in [5.74, 6) is 4.18. The maximum absolute atomic E-state index is 12.1. The number of carbonyl (C=O) groups excluding carboxylic acids is 1. The molecule has 3 nitrogen and oxygen atoms in total.